The van der Waals surface area contributed by atoms with Gasteiger partial charge in [-0.3, -0.25) is 4.79 Å². The van der Waals surface area contributed by atoms with E-state index in [0.717, 1.165) is 21.5 Å². The fraction of sp³-hybridized carbons (Fsp3) is 0. The van der Waals surface area contributed by atoms with E-state index in [-0.39, 0.29) is 5.91 Å². The van der Waals surface area contributed by atoms with Crippen LogP contribution in [0.5, 0.6) is 0 Å². The number of hydrogen-bond donors (Lipinski definition) is 1. The molecular formula is C17H11N3O2S. The van der Waals surface area contributed by atoms with Gasteiger partial charge in [0.05, 0.1) is 21.7 Å². The number of benzene rings is 1. The quantitative estimate of drug-likeness (QED) is 0.614. The molecule has 0 aliphatic rings. The summed E-state index contributed by atoms with van der Waals surface area (Å²) in [6.45, 7) is 0. The number of rotatable bonds is 3. The summed E-state index contributed by atoms with van der Waals surface area (Å²) in [5.74, 6) is 0.142. The van der Waals surface area contributed by atoms with Gasteiger partial charge < -0.3 is 9.84 Å². The first-order valence-electron chi connectivity index (χ1n) is 6.97. The van der Waals surface area contributed by atoms with Crippen LogP contribution in [0.2, 0.25) is 0 Å². The number of nitrogens with one attached hydrogen (secondary N) is 1. The highest BCUT2D eigenvalue weighted by molar-refractivity contribution is 7.13. The van der Waals surface area contributed by atoms with Gasteiger partial charge in [-0.25, -0.2) is 4.98 Å². The van der Waals surface area contributed by atoms with E-state index in [1.807, 2.05) is 47.8 Å². The normalized spacial score (nSPS) is 10.8. The van der Waals surface area contributed by atoms with E-state index in [1.54, 1.807) is 17.4 Å². The first kappa shape index (κ1) is 13.7. The van der Waals surface area contributed by atoms with Gasteiger partial charge in [0.1, 0.15) is 6.26 Å². The van der Waals surface area contributed by atoms with Crippen molar-refractivity contribution < 1.29 is 9.32 Å². The third-order valence-corrected chi connectivity index (χ3v) is 4.31. The highest BCUT2D eigenvalue weighted by Gasteiger charge is 2.15. The van der Waals surface area contributed by atoms with Crippen molar-refractivity contribution in [2.24, 2.45) is 0 Å². The minimum absolute atomic E-state index is 0.240. The fourth-order valence-corrected chi connectivity index (χ4v) is 3.06. The number of pyridine rings is 1. The maximum atomic E-state index is 12.6. The van der Waals surface area contributed by atoms with Gasteiger partial charge >= 0.3 is 0 Å². The van der Waals surface area contributed by atoms with E-state index in [9.17, 15) is 4.79 Å². The lowest BCUT2D eigenvalue weighted by Gasteiger charge is -2.08. The van der Waals surface area contributed by atoms with E-state index >= 15 is 0 Å². The average Bonchev–Trinajstić information content (AvgIpc) is 3.27. The molecule has 4 aromatic rings. The zero-order chi connectivity index (χ0) is 15.6. The molecule has 4 rings (SSSR count). The zero-order valence-electron chi connectivity index (χ0n) is 11.9. The van der Waals surface area contributed by atoms with E-state index in [4.69, 9.17) is 4.52 Å². The van der Waals surface area contributed by atoms with Crippen LogP contribution >= 0.6 is 11.3 Å². The van der Waals surface area contributed by atoms with Crippen LogP contribution in [0, 0.1) is 0 Å². The first-order chi connectivity index (χ1) is 11.3. The Hall–Kier alpha value is -2.99. The smallest absolute Gasteiger partial charge is 0.257 e. The number of carbonyl (C=O) groups is 1. The molecule has 0 saturated heterocycles. The Balaban J connectivity index is 1.85. The van der Waals surface area contributed by atoms with Crippen LogP contribution in [0.1, 0.15) is 10.4 Å². The third-order valence-electron chi connectivity index (χ3n) is 3.41. The van der Waals surface area contributed by atoms with Gasteiger partial charge in [0.2, 0.25) is 0 Å². The van der Waals surface area contributed by atoms with Crippen LogP contribution in [0.15, 0.2) is 64.7 Å². The van der Waals surface area contributed by atoms with Gasteiger partial charge in [-0.1, -0.05) is 29.4 Å². The van der Waals surface area contributed by atoms with Crippen molar-refractivity contribution in [3.8, 4) is 10.6 Å². The summed E-state index contributed by atoms with van der Waals surface area (Å²) in [4.78, 5) is 18.3. The van der Waals surface area contributed by atoms with Crippen molar-refractivity contribution in [3.63, 3.8) is 0 Å². The molecule has 0 saturated carbocycles. The molecule has 0 spiro atoms. The van der Waals surface area contributed by atoms with Gasteiger partial charge in [-0.15, -0.1) is 11.3 Å². The molecule has 112 valence electrons. The Labute approximate surface area is 135 Å². The summed E-state index contributed by atoms with van der Waals surface area (Å²) in [6, 6.07) is 14.9. The Morgan fingerprint density at radius 2 is 2.04 bits per heavy atom. The molecule has 0 bridgehead atoms. The van der Waals surface area contributed by atoms with Crippen molar-refractivity contribution in [2.75, 3.05) is 5.32 Å². The first-order valence-corrected chi connectivity index (χ1v) is 7.84. The van der Waals surface area contributed by atoms with Crippen molar-refractivity contribution in [1.29, 1.82) is 0 Å². The Morgan fingerprint density at radius 1 is 1.13 bits per heavy atom. The van der Waals surface area contributed by atoms with E-state index in [1.165, 1.54) is 6.26 Å². The Bertz CT molecular complexity index is 963. The summed E-state index contributed by atoms with van der Waals surface area (Å²) in [5.41, 5.74) is 2.12. The number of hydrogen-bond acceptors (Lipinski definition) is 5. The molecule has 5 nitrogen and oxygen atoms in total. The Kier molecular flexibility index (Phi) is 3.36. The molecule has 23 heavy (non-hydrogen) atoms. The molecule has 3 heterocycles. The highest BCUT2D eigenvalue weighted by atomic mass is 32.1. The van der Waals surface area contributed by atoms with E-state index in [2.05, 4.69) is 15.5 Å². The zero-order valence-corrected chi connectivity index (χ0v) is 12.7. The second-order valence-electron chi connectivity index (χ2n) is 4.89. The molecular weight excluding hydrogens is 310 g/mol. The standard InChI is InChI=1S/C17H11N3O2S/c21-17(19-16-7-8-22-20-16)12-10-14(15-6-3-9-23-15)18-13-5-2-1-4-11(12)13/h1-10H,(H,19,20,21). The molecule has 0 aliphatic carbocycles. The van der Waals surface area contributed by atoms with Crippen molar-refractivity contribution in [3.05, 3.63) is 65.7 Å². The van der Waals surface area contributed by atoms with Crippen molar-refractivity contribution in [2.45, 2.75) is 0 Å². The maximum Gasteiger partial charge on any atom is 0.257 e. The number of aromatic nitrogens is 2. The minimum atomic E-state index is -0.240. The molecule has 0 fully saturated rings. The van der Waals surface area contributed by atoms with Crippen molar-refractivity contribution >= 4 is 34.0 Å². The minimum Gasteiger partial charge on any atom is -0.363 e. The SMILES string of the molecule is O=C(Nc1ccon1)c1cc(-c2cccs2)nc2ccccc12. The topological polar surface area (TPSA) is 68.0 Å². The molecule has 0 radical (unpaired) electrons. The average molecular weight is 321 g/mol. The summed E-state index contributed by atoms with van der Waals surface area (Å²) in [6.07, 6.45) is 1.41. The fourth-order valence-electron chi connectivity index (χ4n) is 2.37. The van der Waals surface area contributed by atoms with Crippen molar-refractivity contribution in [1.82, 2.24) is 10.1 Å². The summed E-state index contributed by atoms with van der Waals surface area (Å²) in [5, 5.41) is 9.24. The number of carbonyl (C=O) groups excluding carboxylic acids is 1. The van der Waals surface area contributed by atoms with Crippen LogP contribution in [-0.2, 0) is 0 Å². The number of fused-ring (bicyclic) bond motifs is 1. The molecule has 6 heteroatoms. The number of anilines is 1. The van der Waals surface area contributed by atoms with E-state index in [0.29, 0.717) is 11.4 Å². The molecule has 0 unspecified atom stereocenters. The molecule has 1 aromatic carbocycles. The monoisotopic (exact) mass is 321 g/mol. The summed E-state index contributed by atoms with van der Waals surface area (Å²) in [7, 11) is 0. The second-order valence-corrected chi connectivity index (χ2v) is 5.84. The molecule has 1 N–H and O–H groups in total. The van der Waals surface area contributed by atoms with Gasteiger partial charge in [0.25, 0.3) is 5.91 Å². The van der Waals surface area contributed by atoms with Gasteiger partial charge in [0, 0.05) is 11.5 Å². The predicted octanol–water partition coefficient (Wildman–Crippen LogP) is 4.20. The molecule has 1 amide bonds. The summed E-state index contributed by atoms with van der Waals surface area (Å²) < 4.78 is 4.75. The lowest BCUT2D eigenvalue weighted by Crippen LogP contribution is -2.13. The maximum absolute atomic E-state index is 12.6. The van der Waals surface area contributed by atoms with Crippen LogP contribution in [0.25, 0.3) is 21.5 Å². The van der Waals surface area contributed by atoms with Crippen LogP contribution < -0.4 is 5.32 Å². The molecule has 0 aliphatic heterocycles. The Morgan fingerprint density at radius 3 is 2.83 bits per heavy atom. The van der Waals surface area contributed by atoms with E-state index < -0.39 is 0 Å². The van der Waals surface area contributed by atoms with Crippen LogP contribution in [-0.4, -0.2) is 16.0 Å². The van der Waals surface area contributed by atoms with Gasteiger partial charge in [0.15, 0.2) is 5.82 Å². The summed E-state index contributed by atoms with van der Waals surface area (Å²) >= 11 is 1.59. The lowest BCUT2D eigenvalue weighted by molar-refractivity contribution is 0.102. The molecule has 0 atom stereocenters. The number of amides is 1. The lowest BCUT2D eigenvalue weighted by atomic mass is 10.1. The largest absolute Gasteiger partial charge is 0.363 e. The van der Waals surface area contributed by atoms with Gasteiger partial charge in [-0.2, -0.15) is 0 Å². The highest BCUT2D eigenvalue weighted by Crippen LogP contribution is 2.28. The van der Waals surface area contributed by atoms with Crippen LogP contribution in [0.3, 0.4) is 0 Å². The third kappa shape index (κ3) is 2.60. The van der Waals surface area contributed by atoms with Crippen LogP contribution in [0.4, 0.5) is 5.82 Å². The number of nitrogens with zero attached hydrogens (tertiary/aromatic N) is 2. The second kappa shape index (κ2) is 5.66. The number of para-hydroxylation sites is 1. The predicted molar refractivity (Wildman–Crippen MR) is 89.5 cm³/mol. The van der Waals surface area contributed by atoms with Gasteiger partial charge in [-0.05, 0) is 23.6 Å². The number of thiophene rings is 1. The molecule has 3 aromatic heterocycles.